The molecule has 0 N–H and O–H groups in total. The number of carbonyl (C=O) groups excluding carboxylic acids is 2. The number of nitrogens with zero attached hydrogens (tertiary/aromatic N) is 3. The van der Waals surface area contributed by atoms with E-state index in [4.69, 9.17) is 0 Å². The zero-order valence-corrected chi connectivity index (χ0v) is 13.9. The van der Waals surface area contributed by atoms with Crippen molar-refractivity contribution in [3.05, 3.63) is 38.8 Å². The molecule has 0 spiro atoms. The maximum atomic E-state index is 12.4. The van der Waals surface area contributed by atoms with Crippen molar-refractivity contribution in [3.63, 3.8) is 0 Å². The molecule has 1 aliphatic rings. The van der Waals surface area contributed by atoms with Gasteiger partial charge in [0.1, 0.15) is 0 Å². The molecule has 5 nitrogen and oxygen atoms in total. The van der Waals surface area contributed by atoms with Gasteiger partial charge in [-0.25, -0.2) is 0 Å². The van der Waals surface area contributed by atoms with E-state index in [9.17, 15) is 9.59 Å². The number of amides is 2. The summed E-state index contributed by atoms with van der Waals surface area (Å²) in [5.74, 6) is -0.296. The first-order chi connectivity index (χ1) is 10.6. The molecule has 3 rings (SSSR count). The molecule has 116 valence electrons. The van der Waals surface area contributed by atoms with Crippen molar-refractivity contribution >= 4 is 34.5 Å². The second kappa shape index (κ2) is 6.58. The van der Waals surface area contributed by atoms with E-state index in [2.05, 4.69) is 4.99 Å². The molecule has 0 bridgehead atoms. The van der Waals surface area contributed by atoms with Crippen LogP contribution in [-0.2, 0) is 11.8 Å². The number of carbonyl (C=O) groups is 2. The fraction of sp³-hybridized carbons (Fsp3) is 0.400. The first-order valence-corrected chi connectivity index (χ1v) is 8.92. The molecule has 1 fully saturated rings. The molecule has 3 heterocycles. The van der Waals surface area contributed by atoms with Crippen LogP contribution in [0.25, 0.3) is 0 Å². The number of piperidine rings is 1. The summed E-state index contributed by atoms with van der Waals surface area (Å²) in [4.78, 5) is 32.2. The molecular weight excluding hydrogens is 318 g/mol. The van der Waals surface area contributed by atoms with Crippen molar-refractivity contribution in [2.45, 2.75) is 12.8 Å². The Morgan fingerprint density at radius 3 is 2.86 bits per heavy atom. The van der Waals surface area contributed by atoms with Crippen LogP contribution in [0.3, 0.4) is 0 Å². The summed E-state index contributed by atoms with van der Waals surface area (Å²) >= 11 is 2.88. The molecule has 0 aliphatic carbocycles. The van der Waals surface area contributed by atoms with E-state index in [-0.39, 0.29) is 17.7 Å². The summed E-state index contributed by atoms with van der Waals surface area (Å²) in [6.45, 7) is 1.18. The predicted octanol–water partition coefficient (Wildman–Crippen LogP) is 2.13. The van der Waals surface area contributed by atoms with Crippen molar-refractivity contribution in [1.29, 1.82) is 0 Å². The Hall–Kier alpha value is -1.73. The third-order valence-corrected chi connectivity index (χ3v) is 5.46. The van der Waals surface area contributed by atoms with Gasteiger partial charge < -0.3 is 9.47 Å². The number of rotatable bonds is 2. The van der Waals surface area contributed by atoms with Crippen LogP contribution in [0.5, 0.6) is 0 Å². The number of thiophene rings is 1. The zero-order chi connectivity index (χ0) is 15.5. The minimum atomic E-state index is -0.195. The summed E-state index contributed by atoms with van der Waals surface area (Å²) in [7, 11) is 1.87. The van der Waals surface area contributed by atoms with Gasteiger partial charge in [0, 0.05) is 31.7 Å². The normalized spacial score (nSPS) is 19.4. The van der Waals surface area contributed by atoms with Gasteiger partial charge in [-0.05, 0) is 24.3 Å². The van der Waals surface area contributed by atoms with Crippen molar-refractivity contribution < 1.29 is 9.59 Å². The van der Waals surface area contributed by atoms with Gasteiger partial charge in [0.15, 0.2) is 4.80 Å². The predicted molar refractivity (Wildman–Crippen MR) is 86.8 cm³/mol. The van der Waals surface area contributed by atoms with Crippen LogP contribution >= 0.6 is 22.7 Å². The number of aromatic nitrogens is 1. The Balaban J connectivity index is 1.72. The maximum Gasteiger partial charge on any atom is 0.263 e. The van der Waals surface area contributed by atoms with Crippen molar-refractivity contribution in [1.82, 2.24) is 9.47 Å². The minimum Gasteiger partial charge on any atom is -0.337 e. The average Bonchev–Trinajstić information content (AvgIpc) is 3.19. The highest BCUT2D eigenvalue weighted by molar-refractivity contribution is 7.12. The molecule has 1 unspecified atom stereocenters. The van der Waals surface area contributed by atoms with Gasteiger partial charge in [-0.3, -0.25) is 9.59 Å². The fourth-order valence-corrected chi connectivity index (χ4v) is 3.97. The molecule has 0 saturated carbocycles. The fourth-order valence-electron chi connectivity index (χ4n) is 2.54. The largest absolute Gasteiger partial charge is 0.337 e. The van der Waals surface area contributed by atoms with Gasteiger partial charge in [0.2, 0.25) is 0 Å². The Morgan fingerprint density at radius 1 is 1.32 bits per heavy atom. The molecule has 0 aromatic carbocycles. The number of hydrogen-bond donors (Lipinski definition) is 0. The van der Waals surface area contributed by atoms with E-state index >= 15 is 0 Å². The van der Waals surface area contributed by atoms with Gasteiger partial charge in [-0.2, -0.15) is 4.99 Å². The Bertz CT molecular complexity index is 730. The summed E-state index contributed by atoms with van der Waals surface area (Å²) in [5, 5.41) is 3.80. The molecule has 1 aliphatic heterocycles. The highest BCUT2D eigenvalue weighted by Gasteiger charge is 2.29. The molecule has 1 atom stereocenters. The monoisotopic (exact) mass is 335 g/mol. The van der Waals surface area contributed by atoms with Gasteiger partial charge in [0.05, 0.1) is 10.8 Å². The van der Waals surface area contributed by atoms with Crippen LogP contribution in [-0.4, -0.2) is 34.4 Å². The van der Waals surface area contributed by atoms with Crippen LogP contribution in [0.1, 0.15) is 22.5 Å². The average molecular weight is 335 g/mol. The summed E-state index contributed by atoms with van der Waals surface area (Å²) in [6.07, 6.45) is 3.52. The Labute approximate surface area is 136 Å². The molecule has 2 amide bonds. The van der Waals surface area contributed by atoms with Crippen LogP contribution < -0.4 is 4.80 Å². The first kappa shape index (κ1) is 15.2. The lowest BCUT2D eigenvalue weighted by Gasteiger charge is -2.30. The van der Waals surface area contributed by atoms with Crippen molar-refractivity contribution in [3.8, 4) is 0 Å². The number of likely N-dealkylation sites (tertiary alicyclic amines) is 1. The summed E-state index contributed by atoms with van der Waals surface area (Å²) in [6, 6.07) is 3.70. The van der Waals surface area contributed by atoms with E-state index in [1.807, 2.05) is 40.7 Å². The maximum absolute atomic E-state index is 12.4. The van der Waals surface area contributed by atoms with Crippen LogP contribution in [0.2, 0.25) is 0 Å². The number of aryl methyl sites for hydroxylation is 1. The number of thiazole rings is 1. The van der Waals surface area contributed by atoms with Gasteiger partial charge in [-0.15, -0.1) is 22.7 Å². The van der Waals surface area contributed by atoms with E-state index in [0.717, 1.165) is 17.7 Å². The third kappa shape index (κ3) is 3.20. The first-order valence-electron chi connectivity index (χ1n) is 7.16. The molecular formula is C15H17N3O2S2. The van der Waals surface area contributed by atoms with Gasteiger partial charge in [-0.1, -0.05) is 6.07 Å². The zero-order valence-electron chi connectivity index (χ0n) is 12.3. The van der Waals surface area contributed by atoms with Crippen LogP contribution in [0.15, 0.2) is 34.1 Å². The Morgan fingerprint density at radius 2 is 2.18 bits per heavy atom. The molecule has 7 heteroatoms. The highest BCUT2D eigenvalue weighted by Crippen LogP contribution is 2.21. The second-order valence-corrected chi connectivity index (χ2v) is 7.13. The molecule has 22 heavy (non-hydrogen) atoms. The van der Waals surface area contributed by atoms with E-state index in [1.165, 1.54) is 22.7 Å². The quantitative estimate of drug-likeness (QED) is 0.844. The van der Waals surface area contributed by atoms with Crippen LogP contribution in [0, 0.1) is 5.92 Å². The van der Waals surface area contributed by atoms with Crippen LogP contribution in [0.4, 0.5) is 0 Å². The lowest BCUT2D eigenvalue weighted by molar-refractivity contribution is -0.123. The smallest absolute Gasteiger partial charge is 0.263 e. The lowest BCUT2D eigenvalue weighted by atomic mass is 9.97. The van der Waals surface area contributed by atoms with Gasteiger partial charge in [0.25, 0.3) is 11.8 Å². The SMILES string of the molecule is Cn1ccsc1=NC(=O)C1CCCN(C(=O)c2cccs2)C1. The topological polar surface area (TPSA) is 54.7 Å². The van der Waals surface area contributed by atoms with E-state index < -0.39 is 0 Å². The molecule has 2 aromatic rings. The summed E-state index contributed by atoms with van der Waals surface area (Å²) < 4.78 is 1.83. The standard InChI is InChI=1S/C15H17N3O2S2/c1-17-7-9-22-15(17)16-13(19)11-4-2-6-18(10-11)14(20)12-5-3-8-21-12/h3,5,7-9,11H,2,4,6,10H2,1H3. The number of hydrogen-bond acceptors (Lipinski definition) is 4. The lowest BCUT2D eigenvalue weighted by Crippen LogP contribution is -2.42. The van der Waals surface area contributed by atoms with Gasteiger partial charge >= 0.3 is 0 Å². The minimum absolute atomic E-state index is 0.0224. The second-order valence-electron chi connectivity index (χ2n) is 5.31. The Kier molecular flexibility index (Phi) is 4.54. The molecule has 2 aromatic heterocycles. The van der Waals surface area contributed by atoms with E-state index in [1.54, 1.807) is 4.90 Å². The van der Waals surface area contributed by atoms with Crippen molar-refractivity contribution in [2.24, 2.45) is 18.0 Å². The van der Waals surface area contributed by atoms with Crippen molar-refractivity contribution in [2.75, 3.05) is 13.1 Å². The molecule has 0 radical (unpaired) electrons. The highest BCUT2D eigenvalue weighted by atomic mass is 32.1. The summed E-state index contributed by atoms with van der Waals surface area (Å²) in [5.41, 5.74) is 0. The molecule has 1 saturated heterocycles. The third-order valence-electron chi connectivity index (χ3n) is 3.76. The van der Waals surface area contributed by atoms with E-state index in [0.29, 0.717) is 17.9 Å².